The van der Waals surface area contributed by atoms with E-state index in [9.17, 15) is 9.59 Å². The average molecular weight is 301 g/mol. The zero-order valence-corrected chi connectivity index (χ0v) is 12.9. The first kappa shape index (κ1) is 15.1. The molecule has 0 radical (unpaired) electrons. The number of hydrogen-bond donors (Lipinski definition) is 2. The Morgan fingerprint density at radius 2 is 1.82 bits per heavy atom. The molecule has 2 saturated carbocycles. The number of benzene rings is 1. The Labute approximate surface area is 130 Å². The number of aliphatic carboxylic acids is 1. The average Bonchev–Trinajstić information content (AvgIpc) is 3.28. The number of hydrogen-bond acceptors (Lipinski definition) is 2. The van der Waals surface area contributed by atoms with Crippen LogP contribution >= 0.6 is 0 Å². The Kier molecular flexibility index (Phi) is 4.19. The van der Waals surface area contributed by atoms with E-state index in [1.165, 1.54) is 11.1 Å². The van der Waals surface area contributed by atoms with E-state index in [1.54, 1.807) is 0 Å². The van der Waals surface area contributed by atoms with E-state index in [2.05, 4.69) is 24.4 Å². The molecular weight excluding hydrogens is 278 g/mol. The number of aryl methyl sites for hydroxylation is 1. The van der Waals surface area contributed by atoms with Crippen LogP contribution in [0.15, 0.2) is 24.3 Å². The summed E-state index contributed by atoms with van der Waals surface area (Å²) < 4.78 is 0. The van der Waals surface area contributed by atoms with Gasteiger partial charge in [0, 0.05) is 12.0 Å². The first-order chi connectivity index (χ1) is 10.6. The summed E-state index contributed by atoms with van der Waals surface area (Å²) in [5.74, 6) is -0.331. The van der Waals surface area contributed by atoms with Gasteiger partial charge in [0.1, 0.15) is 0 Å². The Morgan fingerprint density at radius 1 is 1.14 bits per heavy atom. The molecule has 0 aromatic heterocycles. The molecule has 1 aromatic carbocycles. The number of carboxylic acid groups (broad SMARTS) is 1. The van der Waals surface area contributed by atoms with Crippen LogP contribution in [0, 0.1) is 18.8 Å². The first-order valence-corrected chi connectivity index (χ1v) is 8.15. The number of carbonyl (C=O) groups excluding carboxylic acids is 1. The van der Waals surface area contributed by atoms with Gasteiger partial charge < -0.3 is 10.4 Å². The molecule has 118 valence electrons. The van der Waals surface area contributed by atoms with Crippen LogP contribution in [0.25, 0.3) is 0 Å². The molecule has 0 unspecified atom stereocenters. The maximum absolute atomic E-state index is 12.4. The second-order valence-electron chi connectivity index (χ2n) is 6.70. The number of carboxylic acids is 1. The minimum absolute atomic E-state index is 0.0956. The molecule has 2 aliphatic rings. The number of nitrogens with one attached hydrogen (secondary N) is 1. The van der Waals surface area contributed by atoms with Crippen LogP contribution < -0.4 is 5.32 Å². The summed E-state index contributed by atoms with van der Waals surface area (Å²) in [4.78, 5) is 23.3. The summed E-state index contributed by atoms with van der Waals surface area (Å²) in [6, 6.07) is 8.42. The number of carbonyl (C=O) groups is 2. The van der Waals surface area contributed by atoms with E-state index in [1.807, 2.05) is 12.1 Å². The van der Waals surface area contributed by atoms with Crippen LogP contribution in [0.1, 0.15) is 49.1 Å². The van der Waals surface area contributed by atoms with Crippen LogP contribution in [-0.4, -0.2) is 23.0 Å². The third kappa shape index (κ3) is 3.16. The lowest BCUT2D eigenvalue weighted by molar-refractivity contribution is -0.142. The number of rotatable bonds is 4. The van der Waals surface area contributed by atoms with Crippen molar-refractivity contribution in [3.05, 3.63) is 35.4 Å². The van der Waals surface area contributed by atoms with E-state index in [0.29, 0.717) is 18.8 Å². The van der Waals surface area contributed by atoms with Gasteiger partial charge in [0.2, 0.25) is 5.91 Å². The van der Waals surface area contributed by atoms with Crippen molar-refractivity contribution >= 4 is 11.9 Å². The largest absolute Gasteiger partial charge is 0.481 e. The van der Waals surface area contributed by atoms with Crippen molar-refractivity contribution in [3.8, 4) is 0 Å². The van der Waals surface area contributed by atoms with Crippen LogP contribution in [0.3, 0.4) is 0 Å². The fraction of sp³-hybridized carbons (Fsp3) is 0.556. The highest BCUT2D eigenvalue weighted by Crippen LogP contribution is 2.48. The second kappa shape index (κ2) is 6.11. The molecule has 0 aliphatic heterocycles. The Balaban J connectivity index is 1.50. The quantitative estimate of drug-likeness (QED) is 0.898. The summed E-state index contributed by atoms with van der Waals surface area (Å²) in [6.45, 7) is 2.09. The maximum atomic E-state index is 12.4. The van der Waals surface area contributed by atoms with Gasteiger partial charge in [-0.25, -0.2) is 0 Å². The topological polar surface area (TPSA) is 66.4 Å². The molecule has 0 heterocycles. The van der Waals surface area contributed by atoms with E-state index in [0.717, 1.165) is 19.3 Å². The molecule has 2 N–H and O–H groups in total. The van der Waals surface area contributed by atoms with Crippen molar-refractivity contribution in [2.75, 3.05) is 0 Å². The lowest BCUT2D eigenvalue weighted by Gasteiger charge is -2.26. The lowest BCUT2D eigenvalue weighted by atomic mass is 9.86. The summed E-state index contributed by atoms with van der Waals surface area (Å²) in [5.41, 5.74) is 2.54. The SMILES string of the molecule is Cc1ccccc1[C@H]1C[C@H]1C(=O)NC1CCC(C(=O)O)CC1. The van der Waals surface area contributed by atoms with Crippen molar-refractivity contribution in [2.24, 2.45) is 11.8 Å². The molecular formula is C18H23NO3. The smallest absolute Gasteiger partial charge is 0.306 e. The maximum Gasteiger partial charge on any atom is 0.306 e. The molecule has 4 heteroatoms. The van der Waals surface area contributed by atoms with E-state index >= 15 is 0 Å². The van der Waals surface area contributed by atoms with E-state index in [4.69, 9.17) is 5.11 Å². The Morgan fingerprint density at radius 3 is 2.45 bits per heavy atom. The van der Waals surface area contributed by atoms with Crippen molar-refractivity contribution < 1.29 is 14.7 Å². The molecule has 2 aliphatic carbocycles. The van der Waals surface area contributed by atoms with Crippen LogP contribution in [0.2, 0.25) is 0 Å². The Hall–Kier alpha value is -1.84. The number of amides is 1. The monoisotopic (exact) mass is 301 g/mol. The van der Waals surface area contributed by atoms with Gasteiger partial charge in [0.25, 0.3) is 0 Å². The van der Waals surface area contributed by atoms with Crippen LogP contribution in [0.5, 0.6) is 0 Å². The molecule has 2 fully saturated rings. The summed E-state index contributed by atoms with van der Waals surface area (Å²) >= 11 is 0. The molecule has 4 nitrogen and oxygen atoms in total. The van der Waals surface area contributed by atoms with Gasteiger partial charge in [-0.05, 0) is 56.1 Å². The molecule has 22 heavy (non-hydrogen) atoms. The molecule has 1 aromatic rings. The zero-order chi connectivity index (χ0) is 15.7. The highest BCUT2D eigenvalue weighted by molar-refractivity contribution is 5.83. The zero-order valence-electron chi connectivity index (χ0n) is 12.9. The van der Waals surface area contributed by atoms with Gasteiger partial charge >= 0.3 is 5.97 Å². The summed E-state index contributed by atoms with van der Waals surface area (Å²) in [6.07, 6.45) is 3.84. The highest BCUT2D eigenvalue weighted by Gasteiger charge is 2.45. The minimum Gasteiger partial charge on any atom is -0.481 e. The van der Waals surface area contributed by atoms with Gasteiger partial charge in [-0.15, -0.1) is 0 Å². The van der Waals surface area contributed by atoms with E-state index < -0.39 is 5.97 Å². The molecule has 0 spiro atoms. The molecule has 2 atom stereocenters. The molecule has 3 rings (SSSR count). The lowest BCUT2D eigenvalue weighted by Crippen LogP contribution is -2.39. The standard InChI is InChI=1S/C18H23NO3/c1-11-4-2-3-5-14(11)15-10-16(15)17(20)19-13-8-6-12(7-9-13)18(21)22/h2-5,12-13,15-16H,6-10H2,1H3,(H,19,20)(H,21,22)/t12?,13?,15-,16-/m1/s1. The van der Waals surface area contributed by atoms with Gasteiger partial charge in [-0.1, -0.05) is 24.3 Å². The van der Waals surface area contributed by atoms with Crippen LogP contribution in [0.4, 0.5) is 0 Å². The second-order valence-corrected chi connectivity index (χ2v) is 6.70. The van der Waals surface area contributed by atoms with Gasteiger partial charge in [-0.3, -0.25) is 9.59 Å². The highest BCUT2D eigenvalue weighted by atomic mass is 16.4. The van der Waals surface area contributed by atoms with Crippen molar-refractivity contribution in [2.45, 2.75) is 51.0 Å². The minimum atomic E-state index is -0.702. The first-order valence-electron chi connectivity index (χ1n) is 8.15. The van der Waals surface area contributed by atoms with Gasteiger partial charge in [-0.2, -0.15) is 0 Å². The third-order valence-corrected chi connectivity index (χ3v) is 5.14. The van der Waals surface area contributed by atoms with E-state index in [-0.39, 0.29) is 23.8 Å². The van der Waals surface area contributed by atoms with Crippen molar-refractivity contribution in [3.63, 3.8) is 0 Å². The molecule has 1 amide bonds. The van der Waals surface area contributed by atoms with Crippen molar-refractivity contribution in [1.82, 2.24) is 5.32 Å². The van der Waals surface area contributed by atoms with Gasteiger partial charge in [0.15, 0.2) is 0 Å². The predicted molar refractivity (Wildman–Crippen MR) is 83.6 cm³/mol. The predicted octanol–water partition coefficient (Wildman–Crippen LogP) is 2.86. The summed E-state index contributed by atoms with van der Waals surface area (Å²) in [7, 11) is 0. The normalized spacial score (nSPS) is 30.6. The fourth-order valence-corrected chi connectivity index (χ4v) is 3.62. The molecule has 0 bridgehead atoms. The summed E-state index contributed by atoms with van der Waals surface area (Å²) in [5, 5.41) is 12.1. The third-order valence-electron chi connectivity index (χ3n) is 5.14. The molecule has 0 saturated heterocycles. The van der Waals surface area contributed by atoms with Crippen LogP contribution in [-0.2, 0) is 9.59 Å². The van der Waals surface area contributed by atoms with Crippen molar-refractivity contribution in [1.29, 1.82) is 0 Å². The fourth-order valence-electron chi connectivity index (χ4n) is 3.62. The van der Waals surface area contributed by atoms with Gasteiger partial charge in [0.05, 0.1) is 5.92 Å². The Bertz CT molecular complexity index is 575.